The van der Waals surface area contributed by atoms with Crippen molar-refractivity contribution in [1.82, 2.24) is 19.5 Å². The molecule has 0 aliphatic rings. The van der Waals surface area contributed by atoms with Crippen LogP contribution in [0.5, 0.6) is 0 Å². The molecule has 0 radical (unpaired) electrons. The SMILES string of the molecule is C.c1ccc2cc(-c3nc(-c4ccc5ccccc5c4)nc(-n4c5c(-c6ccc7oc8ccccc8c7c6)cccc5c5ccc6ccccc6c54)n3)ccc2c1. The predicted molar refractivity (Wildman–Crippen MR) is 237 cm³/mol. The highest BCUT2D eigenvalue weighted by Gasteiger charge is 2.23. The lowest BCUT2D eigenvalue weighted by atomic mass is 9.99. The molecule has 5 heteroatoms. The predicted octanol–water partition coefficient (Wildman–Crippen LogP) is 14.0. The maximum absolute atomic E-state index is 6.25. The molecule has 9 aromatic carbocycles. The molecule has 3 heterocycles. The molecular formula is C52H34N4O. The Morgan fingerprint density at radius 2 is 0.895 bits per heavy atom. The minimum absolute atomic E-state index is 0. The van der Waals surface area contributed by atoms with Crippen LogP contribution in [-0.2, 0) is 0 Å². The van der Waals surface area contributed by atoms with Crippen molar-refractivity contribution in [2.24, 2.45) is 0 Å². The van der Waals surface area contributed by atoms with Gasteiger partial charge < -0.3 is 4.42 Å². The van der Waals surface area contributed by atoms with Crippen molar-refractivity contribution in [2.45, 2.75) is 7.43 Å². The van der Waals surface area contributed by atoms with E-state index in [1.165, 1.54) is 10.8 Å². The summed E-state index contributed by atoms with van der Waals surface area (Å²) in [7, 11) is 0. The van der Waals surface area contributed by atoms with Crippen LogP contribution in [0, 0.1) is 0 Å². The van der Waals surface area contributed by atoms with Crippen LogP contribution in [0.25, 0.3) is 116 Å². The Morgan fingerprint density at radius 3 is 1.61 bits per heavy atom. The van der Waals surface area contributed by atoms with E-state index in [9.17, 15) is 0 Å². The zero-order valence-electron chi connectivity index (χ0n) is 30.0. The molecule has 0 aliphatic carbocycles. The molecule has 12 rings (SSSR count). The first-order valence-corrected chi connectivity index (χ1v) is 18.8. The summed E-state index contributed by atoms with van der Waals surface area (Å²) < 4.78 is 8.53. The Kier molecular flexibility index (Phi) is 7.31. The van der Waals surface area contributed by atoms with E-state index in [1.807, 2.05) is 12.1 Å². The maximum atomic E-state index is 6.25. The summed E-state index contributed by atoms with van der Waals surface area (Å²) in [4.78, 5) is 16.0. The monoisotopic (exact) mass is 730 g/mol. The van der Waals surface area contributed by atoms with Crippen molar-refractivity contribution in [1.29, 1.82) is 0 Å². The second kappa shape index (κ2) is 12.7. The van der Waals surface area contributed by atoms with E-state index >= 15 is 0 Å². The molecule has 0 saturated heterocycles. The summed E-state index contributed by atoms with van der Waals surface area (Å²) >= 11 is 0. The van der Waals surface area contributed by atoms with Crippen LogP contribution >= 0.6 is 0 Å². The van der Waals surface area contributed by atoms with Crippen molar-refractivity contribution < 1.29 is 4.42 Å². The Balaban J connectivity index is 0.00000374. The lowest BCUT2D eigenvalue weighted by Crippen LogP contribution is -2.07. The molecule has 0 atom stereocenters. The molecule has 0 spiro atoms. The van der Waals surface area contributed by atoms with E-state index in [0.29, 0.717) is 17.6 Å². The van der Waals surface area contributed by atoms with Crippen molar-refractivity contribution in [3.05, 3.63) is 182 Å². The van der Waals surface area contributed by atoms with Crippen LogP contribution < -0.4 is 0 Å². The van der Waals surface area contributed by atoms with Gasteiger partial charge in [-0.05, 0) is 62.8 Å². The van der Waals surface area contributed by atoms with E-state index in [-0.39, 0.29) is 7.43 Å². The topological polar surface area (TPSA) is 56.7 Å². The highest BCUT2D eigenvalue weighted by atomic mass is 16.3. The summed E-state index contributed by atoms with van der Waals surface area (Å²) in [5.41, 5.74) is 7.86. The van der Waals surface area contributed by atoms with Gasteiger partial charge in [0.2, 0.25) is 5.95 Å². The van der Waals surface area contributed by atoms with Gasteiger partial charge in [-0.3, -0.25) is 4.57 Å². The highest BCUT2D eigenvalue weighted by Crippen LogP contribution is 2.42. The van der Waals surface area contributed by atoms with E-state index in [4.69, 9.17) is 19.4 Å². The minimum Gasteiger partial charge on any atom is -0.456 e. The van der Waals surface area contributed by atoms with Gasteiger partial charge in [0.25, 0.3) is 0 Å². The van der Waals surface area contributed by atoms with E-state index in [2.05, 4.69) is 174 Å². The van der Waals surface area contributed by atoms with Gasteiger partial charge in [-0.1, -0.05) is 159 Å². The van der Waals surface area contributed by atoms with Gasteiger partial charge in [-0.15, -0.1) is 0 Å². The number of hydrogen-bond donors (Lipinski definition) is 0. The second-order valence-corrected chi connectivity index (χ2v) is 14.4. The quantitative estimate of drug-likeness (QED) is 0.181. The van der Waals surface area contributed by atoms with Crippen LogP contribution in [0.2, 0.25) is 0 Å². The first-order chi connectivity index (χ1) is 27.7. The normalized spacial score (nSPS) is 11.7. The van der Waals surface area contributed by atoms with E-state index in [0.717, 1.165) is 87.5 Å². The second-order valence-electron chi connectivity index (χ2n) is 14.4. The third-order valence-corrected chi connectivity index (χ3v) is 11.2. The summed E-state index contributed by atoms with van der Waals surface area (Å²) in [6, 6.07) is 64.0. The zero-order valence-corrected chi connectivity index (χ0v) is 30.0. The standard InChI is InChI=1S/C51H30N4O.CH4/c1-3-13-34-28-37(22-20-31(34)10-1)49-52-50(38-23-21-32-11-2-4-14-35(32)29-38)54-51(53-49)55-47-39-15-6-5-12-33(39)24-26-43(47)42-18-9-17-40(48(42)55)36-25-27-46-44(30-36)41-16-7-8-19-45(41)56-46;/h1-30H;1H4. The number of hydrogen-bond acceptors (Lipinski definition) is 4. The van der Waals surface area contributed by atoms with Gasteiger partial charge in [0, 0.05) is 43.6 Å². The molecule has 0 N–H and O–H groups in total. The van der Waals surface area contributed by atoms with Gasteiger partial charge >= 0.3 is 0 Å². The molecule has 5 nitrogen and oxygen atoms in total. The Hall–Kier alpha value is -7.63. The average Bonchev–Trinajstić information content (AvgIpc) is 3.82. The van der Waals surface area contributed by atoms with E-state index in [1.54, 1.807) is 0 Å². The minimum atomic E-state index is 0. The van der Waals surface area contributed by atoms with Gasteiger partial charge in [0.15, 0.2) is 11.6 Å². The average molecular weight is 731 g/mol. The molecule has 12 aromatic rings. The number of benzene rings is 9. The maximum Gasteiger partial charge on any atom is 0.238 e. The van der Waals surface area contributed by atoms with Crippen LogP contribution in [-0.4, -0.2) is 19.5 Å². The fourth-order valence-electron chi connectivity index (χ4n) is 8.53. The number of furan rings is 1. The summed E-state index contributed by atoms with van der Waals surface area (Å²) in [6.45, 7) is 0. The molecule has 0 aliphatic heterocycles. The van der Waals surface area contributed by atoms with Crippen LogP contribution in [0.3, 0.4) is 0 Å². The van der Waals surface area contributed by atoms with Crippen molar-refractivity contribution in [3.8, 4) is 39.9 Å². The number of para-hydroxylation sites is 2. The highest BCUT2D eigenvalue weighted by molar-refractivity contribution is 6.21. The van der Waals surface area contributed by atoms with Gasteiger partial charge in [0.05, 0.1) is 11.0 Å². The Morgan fingerprint density at radius 1 is 0.351 bits per heavy atom. The van der Waals surface area contributed by atoms with Crippen LogP contribution in [0.4, 0.5) is 0 Å². The lowest BCUT2D eigenvalue weighted by molar-refractivity contribution is 0.669. The summed E-state index contributed by atoms with van der Waals surface area (Å²) in [6.07, 6.45) is 0. The fourth-order valence-corrected chi connectivity index (χ4v) is 8.53. The molecule has 0 unspecified atom stereocenters. The fraction of sp³-hybridized carbons (Fsp3) is 0.0192. The summed E-state index contributed by atoms with van der Waals surface area (Å²) in [5, 5.41) is 11.3. The molecular weight excluding hydrogens is 697 g/mol. The van der Waals surface area contributed by atoms with Crippen LogP contribution in [0.1, 0.15) is 7.43 Å². The van der Waals surface area contributed by atoms with Crippen molar-refractivity contribution >= 4 is 76.1 Å². The largest absolute Gasteiger partial charge is 0.456 e. The Bertz CT molecular complexity index is 3460. The first kappa shape index (κ1) is 32.8. The van der Waals surface area contributed by atoms with E-state index < -0.39 is 0 Å². The molecule has 0 bridgehead atoms. The molecule has 57 heavy (non-hydrogen) atoms. The number of nitrogens with zero attached hydrogens (tertiary/aromatic N) is 4. The first-order valence-electron chi connectivity index (χ1n) is 18.8. The molecule has 3 aromatic heterocycles. The summed E-state index contributed by atoms with van der Waals surface area (Å²) in [5.74, 6) is 1.79. The Labute approximate surface area is 328 Å². The van der Waals surface area contributed by atoms with Crippen LogP contribution in [0.15, 0.2) is 186 Å². The third kappa shape index (κ3) is 5.13. The smallest absolute Gasteiger partial charge is 0.238 e. The van der Waals surface area contributed by atoms with Crippen molar-refractivity contribution in [3.63, 3.8) is 0 Å². The molecule has 0 amide bonds. The zero-order chi connectivity index (χ0) is 36.7. The molecule has 0 saturated carbocycles. The van der Waals surface area contributed by atoms with Gasteiger partial charge in [-0.25, -0.2) is 4.98 Å². The lowest BCUT2D eigenvalue weighted by Gasteiger charge is -2.14. The number of fused-ring (bicyclic) bond motifs is 10. The number of rotatable bonds is 4. The molecule has 268 valence electrons. The van der Waals surface area contributed by atoms with Gasteiger partial charge in [-0.2, -0.15) is 9.97 Å². The van der Waals surface area contributed by atoms with Crippen molar-refractivity contribution in [2.75, 3.05) is 0 Å². The number of aromatic nitrogens is 4. The third-order valence-electron chi connectivity index (χ3n) is 11.2. The van der Waals surface area contributed by atoms with Gasteiger partial charge in [0.1, 0.15) is 11.2 Å². The molecule has 0 fully saturated rings.